The summed E-state index contributed by atoms with van der Waals surface area (Å²) in [6.45, 7) is 0. The van der Waals surface area contributed by atoms with Crippen LogP contribution in [0.3, 0.4) is 0 Å². The molecule has 2 heterocycles. The molecular formula is C20H21N5O3. The smallest absolute Gasteiger partial charge is 0.306 e. The summed E-state index contributed by atoms with van der Waals surface area (Å²) >= 11 is 0. The molecule has 2 aromatic heterocycles. The number of phenolic OH excluding ortho intramolecular Hbond substituents is 1. The molecular weight excluding hydrogens is 358 g/mol. The molecule has 3 aromatic rings. The third kappa shape index (κ3) is 3.40. The van der Waals surface area contributed by atoms with Crippen LogP contribution < -0.4 is 5.73 Å². The average molecular weight is 379 g/mol. The number of aliphatic carboxylic acids is 1. The first-order valence-electron chi connectivity index (χ1n) is 9.22. The van der Waals surface area contributed by atoms with Gasteiger partial charge in [-0.3, -0.25) is 9.48 Å². The van der Waals surface area contributed by atoms with E-state index in [1.54, 1.807) is 30.5 Å². The Morgan fingerprint density at radius 1 is 1.11 bits per heavy atom. The van der Waals surface area contributed by atoms with Gasteiger partial charge in [0.25, 0.3) is 0 Å². The fourth-order valence-electron chi connectivity index (χ4n) is 3.72. The van der Waals surface area contributed by atoms with Crippen molar-refractivity contribution < 1.29 is 15.0 Å². The van der Waals surface area contributed by atoms with Gasteiger partial charge in [0.15, 0.2) is 5.82 Å². The number of hydrogen-bond acceptors (Lipinski definition) is 6. The zero-order chi connectivity index (χ0) is 19.7. The van der Waals surface area contributed by atoms with E-state index in [1.165, 1.54) is 0 Å². The molecule has 1 aliphatic carbocycles. The zero-order valence-corrected chi connectivity index (χ0v) is 15.2. The van der Waals surface area contributed by atoms with Crippen LogP contribution in [0.15, 0.2) is 42.7 Å². The van der Waals surface area contributed by atoms with E-state index >= 15 is 0 Å². The van der Waals surface area contributed by atoms with Gasteiger partial charge in [0, 0.05) is 22.9 Å². The summed E-state index contributed by atoms with van der Waals surface area (Å²) in [6, 6.07) is 8.90. The van der Waals surface area contributed by atoms with Crippen LogP contribution >= 0.6 is 0 Å². The van der Waals surface area contributed by atoms with Gasteiger partial charge in [-0.2, -0.15) is 5.10 Å². The van der Waals surface area contributed by atoms with Crippen molar-refractivity contribution in [2.45, 2.75) is 31.7 Å². The van der Waals surface area contributed by atoms with E-state index in [2.05, 4.69) is 15.3 Å². The Kier molecular flexibility index (Phi) is 4.68. The maximum absolute atomic E-state index is 11.1. The predicted molar refractivity (Wildman–Crippen MR) is 103 cm³/mol. The predicted octanol–water partition coefficient (Wildman–Crippen LogP) is 3.11. The van der Waals surface area contributed by atoms with E-state index in [-0.39, 0.29) is 23.5 Å². The van der Waals surface area contributed by atoms with E-state index in [9.17, 15) is 9.90 Å². The van der Waals surface area contributed by atoms with Crippen LogP contribution in [0.2, 0.25) is 0 Å². The Balaban J connectivity index is 1.60. The van der Waals surface area contributed by atoms with Crippen molar-refractivity contribution in [1.29, 1.82) is 0 Å². The van der Waals surface area contributed by atoms with Crippen molar-refractivity contribution in [3.05, 3.63) is 42.7 Å². The number of nitrogens with zero attached hydrogens (tertiary/aromatic N) is 4. The molecule has 1 saturated carbocycles. The van der Waals surface area contributed by atoms with Gasteiger partial charge in [-0.05, 0) is 43.9 Å². The fourth-order valence-corrected chi connectivity index (χ4v) is 3.72. The normalized spacial score (nSPS) is 19.4. The number of nitrogen functional groups attached to an aromatic ring is 1. The number of phenols is 1. The first-order chi connectivity index (χ1) is 13.5. The topological polar surface area (TPSA) is 127 Å². The van der Waals surface area contributed by atoms with Crippen LogP contribution in [-0.4, -0.2) is 36.2 Å². The van der Waals surface area contributed by atoms with Crippen LogP contribution in [0.1, 0.15) is 31.7 Å². The molecule has 1 aliphatic rings. The molecule has 1 fully saturated rings. The van der Waals surface area contributed by atoms with Gasteiger partial charge in [-0.1, -0.05) is 12.1 Å². The van der Waals surface area contributed by atoms with E-state index in [4.69, 9.17) is 10.8 Å². The second-order valence-electron chi connectivity index (χ2n) is 7.10. The molecule has 4 N–H and O–H groups in total. The van der Waals surface area contributed by atoms with Crippen molar-refractivity contribution in [3.63, 3.8) is 0 Å². The molecule has 0 aliphatic heterocycles. The van der Waals surface area contributed by atoms with Crippen molar-refractivity contribution in [1.82, 2.24) is 20.0 Å². The Labute approximate surface area is 161 Å². The summed E-state index contributed by atoms with van der Waals surface area (Å²) in [5, 5.41) is 31.8. The van der Waals surface area contributed by atoms with Gasteiger partial charge < -0.3 is 15.9 Å². The lowest BCUT2D eigenvalue weighted by Gasteiger charge is -2.26. The molecule has 0 atom stereocenters. The number of carbonyl (C=O) groups is 1. The van der Waals surface area contributed by atoms with E-state index in [1.807, 2.05) is 16.9 Å². The van der Waals surface area contributed by atoms with Gasteiger partial charge in [0.1, 0.15) is 5.75 Å². The third-order valence-electron chi connectivity index (χ3n) is 5.34. The van der Waals surface area contributed by atoms with Crippen LogP contribution in [0, 0.1) is 5.92 Å². The molecule has 0 radical (unpaired) electrons. The van der Waals surface area contributed by atoms with E-state index in [0.29, 0.717) is 29.7 Å². The van der Waals surface area contributed by atoms with Crippen LogP contribution in [0.5, 0.6) is 5.75 Å². The maximum Gasteiger partial charge on any atom is 0.306 e. The summed E-state index contributed by atoms with van der Waals surface area (Å²) in [5.41, 5.74) is 8.65. The van der Waals surface area contributed by atoms with E-state index in [0.717, 1.165) is 18.4 Å². The van der Waals surface area contributed by atoms with Crippen LogP contribution in [0.4, 0.5) is 5.82 Å². The molecule has 28 heavy (non-hydrogen) atoms. The lowest BCUT2D eigenvalue weighted by molar-refractivity contribution is -0.143. The lowest BCUT2D eigenvalue weighted by atomic mass is 9.86. The molecule has 8 nitrogen and oxygen atoms in total. The average Bonchev–Trinajstić information content (AvgIpc) is 3.19. The summed E-state index contributed by atoms with van der Waals surface area (Å²) in [6.07, 6.45) is 6.52. The number of aromatic hydroxyl groups is 1. The number of hydrogen-bond donors (Lipinski definition) is 3. The van der Waals surface area contributed by atoms with Gasteiger partial charge in [-0.15, -0.1) is 10.2 Å². The van der Waals surface area contributed by atoms with Gasteiger partial charge in [0.2, 0.25) is 0 Å². The minimum absolute atomic E-state index is 0.124. The number of aromatic nitrogens is 4. The highest BCUT2D eigenvalue weighted by Gasteiger charge is 2.27. The molecule has 4 rings (SSSR count). The minimum atomic E-state index is -0.716. The number of benzene rings is 1. The van der Waals surface area contributed by atoms with Gasteiger partial charge >= 0.3 is 5.97 Å². The highest BCUT2D eigenvalue weighted by atomic mass is 16.4. The minimum Gasteiger partial charge on any atom is -0.507 e. The summed E-state index contributed by atoms with van der Waals surface area (Å²) in [4.78, 5) is 11.1. The summed E-state index contributed by atoms with van der Waals surface area (Å²) in [5.74, 6) is -0.564. The highest BCUT2D eigenvalue weighted by molar-refractivity contribution is 5.78. The molecule has 0 bridgehead atoms. The molecule has 1 aromatic carbocycles. The Morgan fingerprint density at radius 3 is 2.57 bits per heavy atom. The second-order valence-corrected chi connectivity index (χ2v) is 7.10. The van der Waals surface area contributed by atoms with Crippen molar-refractivity contribution in [3.8, 4) is 28.1 Å². The number of nitrogens with two attached hydrogens (primary N) is 1. The molecule has 0 saturated heterocycles. The van der Waals surface area contributed by atoms with Crippen molar-refractivity contribution in [2.75, 3.05) is 5.73 Å². The largest absolute Gasteiger partial charge is 0.507 e. The van der Waals surface area contributed by atoms with Gasteiger partial charge in [-0.25, -0.2) is 0 Å². The molecule has 0 amide bonds. The molecule has 0 spiro atoms. The molecule has 144 valence electrons. The summed E-state index contributed by atoms with van der Waals surface area (Å²) < 4.78 is 1.88. The number of rotatable bonds is 4. The number of para-hydroxylation sites is 1. The Bertz CT molecular complexity index is 1010. The standard InChI is InChI=1S/C20H21N5O3/c21-19-16(9-17(23-24-19)15-3-1-2-4-18(15)26)13-10-22-25(11-13)14-7-5-12(6-8-14)20(27)28/h1-4,9-12,14,26H,5-8H2,(H2,21,24)(H,27,28). The molecule has 8 heteroatoms. The quantitative estimate of drug-likeness (QED) is 0.635. The second kappa shape index (κ2) is 7.30. The van der Waals surface area contributed by atoms with Crippen molar-refractivity contribution in [2.24, 2.45) is 5.92 Å². The van der Waals surface area contributed by atoms with Crippen molar-refractivity contribution >= 4 is 11.8 Å². The zero-order valence-electron chi connectivity index (χ0n) is 15.2. The first kappa shape index (κ1) is 18.0. The van der Waals surface area contributed by atoms with Gasteiger partial charge in [0.05, 0.1) is 23.9 Å². The fraction of sp³-hybridized carbons (Fsp3) is 0.300. The van der Waals surface area contributed by atoms with Crippen LogP contribution in [-0.2, 0) is 4.79 Å². The van der Waals surface area contributed by atoms with E-state index < -0.39 is 5.97 Å². The Hall–Kier alpha value is -3.42. The number of anilines is 1. The third-order valence-corrected chi connectivity index (χ3v) is 5.34. The molecule has 0 unspecified atom stereocenters. The Morgan fingerprint density at radius 2 is 1.86 bits per heavy atom. The summed E-state index contributed by atoms with van der Waals surface area (Å²) in [7, 11) is 0. The monoisotopic (exact) mass is 379 g/mol. The SMILES string of the molecule is Nc1nnc(-c2ccccc2O)cc1-c1cnn(C2CCC(C(=O)O)CC2)c1. The number of carboxylic acid groups (broad SMARTS) is 1. The van der Waals surface area contributed by atoms with Crippen LogP contribution in [0.25, 0.3) is 22.4 Å². The highest BCUT2D eigenvalue weighted by Crippen LogP contribution is 2.35. The lowest BCUT2D eigenvalue weighted by Crippen LogP contribution is -2.23. The maximum atomic E-state index is 11.1. The first-order valence-corrected chi connectivity index (χ1v) is 9.22. The number of carboxylic acids is 1.